The zero-order valence-corrected chi connectivity index (χ0v) is 11.8. The highest BCUT2D eigenvalue weighted by Crippen LogP contribution is 2.48. The first-order valence-electron chi connectivity index (χ1n) is 6.87. The molecule has 3 atom stereocenters. The second kappa shape index (κ2) is 5.01. The number of benzene rings is 1. The van der Waals surface area contributed by atoms with E-state index in [1.54, 1.807) is 0 Å². The summed E-state index contributed by atoms with van der Waals surface area (Å²) in [6.07, 6.45) is 0.843. The van der Waals surface area contributed by atoms with Gasteiger partial charge in [0, 0.05) is 12.3 Å². The Morgan fingerprint density at radius 3 is 2.73 bits per heavy atom. The fourth-order valence-electron chi connectivity index (χ4n) is 3.00. The number of Topliss-reactive ketones (excluding diaryl/α,β-unsaturated/α-hetero) is 3. The molecule has 0 spiro atoms. The van der Waals surface area contributed by atoms with Crippen molar-refractivity contribution in [2.75, 3.05) is 7.11 Å². The van der Waals surface area contributed by atoms with Gasteiger partial charge in [-0.05, 0) is 24.5 Å². The summed E-state index contributed by atoms with van der Waals surface area (Å²) < 4.78 is 4.90. The van der Waals surface area contributed by atoms with Gasteiger partial charge in [0.2, 0.25) is 0 Å². The predicted octanol–water partition coefficient (Wildman–Crippen LogP) is 1.58. The zero-order chi connectivity index (χ0) is 16.0. The molecule has 22 heavy (non-hydrogen) atoms. The van der Waals surface area contributed by atoms with Crippen LogP contribution in [0.4, 0.5) is 5.69 Å². The lowest BCUT2D eigenvalue weighted by atomic mass is 9.81. The van der Waals surface area contributed by atoms with Crippen LogP contribution in [0.1, 0.15) is 23.2 Å². The molecule has 2 saturated carbocycles. The van der Waals surface area contributed by atoms with Gasteiger partial charge in [0.15, 0.2) is 17.3 Å². The highest BCUT2D eigenvalue weighted by Gasteiger charge is 2.55. The molecule has 1 aromatic carbocycles. The first-order valence-corrected chi connectivity index (χ1v) is 6.87. The second-order valence-electron chi connectivity index (χ2n) is 5.61. The Morgan fingerprint density at radius 2 is 2.09 bits per heavy atom. The van der Waals surface area contributed by atoms with Crippen LogP contribution < -0.4 is 4.74 Å². The van der Waals surface area contributed by atoms with E-state index in [0.29, 0.717) is 6.42 Å². The topological polar surface area (TPSA) is 104 Å². The van der Waals surface area contributed by atoms with E-state index >= 15 is 0 Å². The van der Waals surface area contributed by atoms with E-state index in [9.17, 15) is 24.5 Å². The molecule has 3 unspecified atom stereocenters. The molecule has 0 heterocycles. The lowest BCUT2D eigenvalue weighted by Crippen LogP contribution is -2.37. The summed E-state index contributed by atoms with van der Waals surface area (Å²) in [6.45, 7) is 0. The normalized spacial score (nSPS) is 26.3. The van der Waals surface area contributed by atoms with Gasteiger partial charge in [-0.2, -0.15) is 0 Å². The number of nitrogens with zero attached hydrogens (tertiary/aromatic N) is 1. The largest absolute Gasteiger partial charge is 0.497 e. The van der Waals surface area contributed by atoms with Crippen molar-refractivity contribution in [2.45, 2.75) is 12.8 Å². The number of ether oxygens (including phenoxy) is 1. The first kappa shape index (κ1) is 14.4. The highest BCUT2D eigenvalue weighted by molar-refractivity contribution is 6.27. The van der Waals surface area contributed by atoms with Gasteiger partial charge in [-0.1, -0.05) is 0 Å². The van der Waals surface area contributed by atoms with Crippen molar-refractivity contribution in [1.29, 1.82) is 0 Å². The van der Waals surface area contributed by atoms with Gasteiger partial charge < -0.3 is 4.74 Å². The molecule has 0 bridgehead atoms. The molecule has 1 aromatic rings. The lowest BCUT2D eigenvalue weighted by Gasteiger charge is -2.17. The van der Waals surface area contributed by atoms with Gasteiger partial charge in [0.05, 0.1) is 23.7 Å². The maximum absolute atomic E-state index is 12.5. The first-order chi connectivity index (χ1) is 10.4. The fourth-order valence-corrected chi connectivity index (χ4v) is 3.00. The summed E-state index contributed by atoms with van der Waals surface area (Å²) >= 11 is 0. The van der Waals surface area contributed by atoms with Crippen molar-refractivity contribution in [2.24, 2.45) is 17.8 Å². The van der Waals surface area contributed by atoms with E-state index in [1.165, 1.54) is 19.2 Å². The van der Waals surface area contributed by atoms with Crippen LogP contribution in [0.25, 0.3) is 0 Å². The van der Waals surface area contributed by atoms with Gasteiger partial charge in [0.1, 0.15) is 11.7 Å². The third-order valence-corrected chi connectivity index (χ3v) is 4.29. The van der Waals surface area contributed by atoms with Crippen LogP contribution in [-0.2, 0) is 9.59 Å². The molecule has 0 aromatic heterocycles. The van der Waals surface area contributed by atoms with E-state index in [4.69, 9.17) is 4.74 Å². The molecule has 114 valence electrons. The predicted molar refractivity (Wildman–Crippen MR) is 73.7 cm³/mol. The monoisotopic (exact) mass is 303 g/mol. The van der Waals surface area contributed by atoms with Gasteiger partial charge >= 0.3 is 0 Å². The number of carbonyl (C=O) groups excluding carboxylic acids is 3. The molecule has 2 aliphatic rings. The van der Waals surface area contributed by atoms with E-state index < -0.39 is 33.9 Å². The Kier molecular flexibility index (Phi) is 3.27. The van der Waals surface area contributed by atoms with Crippen LogP contribution in [-0.4, -0.2) is 29.4 Å². The summed E-state index contributed by atoms with van der Waals surface area (Å²) in [5, 5.41) is 11.1. The quantitative estimate of drug-likeness (QED) is 0.362. The average molecular weight is 303 g/mol. The van der Waals surface area contributed by atoms with Crippen LogP contribution >= 0.6 is 0 Å². The molecule has 0 radical (unpaired) electrons. The molecular formula is C15H13NO6. The van der Waals surface area contributed by atoms with E-state index in [1.807, 2.05) is 0 Å². The van der Waals surface area contributed by atoms with Crippen LogP contribution in [0.3, 0.4) is 0 Å². The van der Waals surface area contributed by atoms with Gasteiger partial charge in [0.25, 0.3) is 5.69 Å². The van der Waals surface area contributed by atoms with Crippen molar-refractivity contribution in [3.63, 3.8) is 0 Å². The van der Waals surface area contributed by atoms with Crippen LogP contribution in [0.15, 0.2) is 18.2 Å². The van der Waals surface area contributed by atoms with Crippen LogP contribution in [0.2, 0.25) is 0 Å². The highest BCUT2D eigenvalue weighted by atomic mass is 16.6. The van der Waals surface area contributed by atoms with E-state index in [2.05, 4.69) is 0 Å². The minimum atomic E-state index is -1.39. The molecule has 7 nitrogen and oxygen atoms in total. The number of rotatable bonds is 4. The number of nitro benzene ring substituents is 1. The van der Waals surface area contributed by atoms with E-state index in [0.717, 1.165) is 6.07 Å². The Morgan fingerprint density at radius 1 is 1.36 bits per heavy atom. The van der Waals surface area contributed by atoms with Crippen molar-refractivity contribution in [1.82, 2.24) is 0 Å². The van der Waals surface area contributed by atoms with Crippen molar-refractivity contribution in [3.8, 4) is 5.75 Å². The molecule has 0 saturated heterocycles. The molecule has 0 N–H and O–H groups in total. The average Bonchev–Trinajstić information content (AvgIpc) is 3.25. The number of carbonyl (C=O) groups is 3. The van der Waals surface area contributed by atoms with Gasteiger partial charge in [-0.3, -0.25) is 24.5 Å². The van der Waals surface area contributed by atoms with Crippen molar-refractivity contribution >= 4 is 23.0 Å². The summed E-state index contributed by atoms with van der Waals surface area (Å²) in [5.74, 6) is -2.94. The Labute approximate surface area is 125 Å². The maximum atomic E-state index is 12.5. The smallest absolute Gasteiger partial charge is 0.283 e. The summed E-state index contributed by atoms with van der Waals surface area (Å²) in [7, 11) is 1.35. The third-order valence-electron chi connectivity index (χ3n) is 4.29. The Bertz CT molecular complexity index is 710. The molecule has 0 aliphatic heterocycles. The maximum Gasteiger partial charge on any atom is 0.283 e. The summed E-state index contributed by atoms with van der Waals surface area (Å²) in [6, 6.07) is 3.75. The fraction of sp³-hybridized carbons (Fsp3) is 0.400. The molecule has 0 amide bonds. The number of hydrogen-bond acceptors (Lipinski definition) is 6. The number of hydrogen-bond donors (Lipinski definition) is 0. The molecule has 7 heteroatoms. The minimum Gasteiger partial charge on any atom is -0.497 e. The van der Waals surface area contributed by atoms with E-state index in [-0.39, 0.29) is 29.6 Å². The van der Waals surface area contributed by atoms with Gasteiger partial charge in [-0.25, -0.2) is 0 Å². The Balaban J connectivity index is 1.99. The van der Waals surface area contributed by atoms with Gasteiger partial charge in [-0.15, -0.1) is 0 Å². The summed E-state index contributed by atoms with van der Waals surface area (Å²) in [4.78, 5) is 47.1. The number of ketones is 3. The standard InChI is InChI=1S/C15H13NO6/c1-22-8-2-3-9(11(6-8)16(20)21)14(18)13-12(17)5-7-4-10(7)15(13)19/h2-3,6-7,10,13H,4-5H2,1H3. The van der Waals surface area contributed by atoms with Crippen molar-refractivity contribution < 1.29 is 24.0 Å². The number of fused-ring (bicyclic) bond motifs is 1. The molecular weight excluding hydrogens is 290 g/mol. The zero-order valence-electron chi connectivity index (χ0n) is 11.8. The SMILES string of the molecule is COc1ccc(C(=O)C2C(=O)CC3CC3C2=O)c([N+](=O)[O-])c1. The van der Waals surface area contributed by atoms with Crippen LogP contribution in [0, 0.1) is 27.9 Å². The third kappa shape index (κ3) is 2.18. The minimum absolute atomic E-state index is 0.0647. The molecule has 2 fully saturated rings. The number of methoxy groups -OCH3 is 1. The van der Waals surface area contributed by atoms with Crippen molar-refractivity contribution in [3.05, 3.63) is 33.9 Å². The second-order valence-corrected chi connectivity index (χ2v) is 5.61. The lowest BCUT2D eigenvalue weighted by molar-refractivity contribution is -0.385. The molecule has 2 aliphatic carbocycles. The number of nitro groups is 1. The van der Waals surface area contributed by atoms with Crippen LogP contribution in [0.5, 0.6) is 5.75 Å². The Hall–Kier alpha value is -2.57. The molecule has 3 rings (SSSR count). The summed E-state index contributed by atoms with van der Waals surface area (Å²) in [5.41, 5.74) is -0.681.